The van der Waals surface area contributed by atoms with E-state index in [-0.39, 0.29) is 0 Å². The summed E-state index contributed by atoms with van der Waals surface area (Å²) in [5, 5.41) is 8.63. The number of nitrogens with one attached hydrogen (secondary N) is 2. The molecule has 0 aromatic heterocycles. The molecule has 2 heterocycles. The molecule has 4 heteroatoms. The van der Waals surface area contributed by atoms with E-state index < -0.39 is 0 Å². The molecule has 0 aliphatic carbocycles. The fraction of sp³-hybridized carbons (Fsp3) is 0.571. The summed E-state index contributed by atoms with van der Waals surface area (Å²) in [4.78, 5) is 2.38. The van der Waals surface area contributed by atoms with Crippen LogP contribution in [0.25, 0.3) is 0 Å². The number of piperazine rings is 1. The molecule has 3 nitrogen and oxygen atoms in total. The lowest BCUT2D eigenvalue weighted by Crippen LogP contribution is -2.46. The highest BCUT2D eigenvalue weighted by Crippen LogP contribution is 2.26. The Morgan fingerprint density at radius 3 is 2.82 bits per heavy atom. The molecule has 0 aromatic carbocycles. The van der Waals surface area contributed by atoms with Crippen LogP contribution >= 0.6 is 11.8 Å². The molecule has 0 spiro atoms. The summed E-state index contributed by atoms with van der Waals surface area (Å²) in [5.41, 5.74) is 1.28. The lowest BCUT2D eigenvalue weighted by atomic mass is 10.4. The van der Waals surface area contributed by atoms with Gasteiger partial charge < -0.3 is 10.6 Å². The smallest absolute Gasteiger partial charge is 0.191 e. The minimum absolute atomic E-state index is 1.10. The van der Waals surface area contributed by atoms with Gasteiger partial charge in [0.2, 0.25) is 0 Å². The van der Waals surface area contributed by atoms with Crippen LogP contribution in [0.5, 0.6) is 0 Å². The van der Waals surface area contributed by atoms with E-state index in [2.05, 4.69) is 20.9 Å². The molecule has 1 saturated heterocycles. The average Bonchev–Trinajstić information content (AvgIpc) is 2.58. The fourth-order valence-electron chi connectivity index (χ4n) is 1.27. The van der Waals surface area contributed by atoms with Crippen molar-refractivity contribution in [2.75, 3.05) is 26.2 Å². The Bertz CT molecular complexity index is 146. The summed E-state index contributed by atoms with van der Waals surface area (Å²) in [6.07, 6.45) is 1.99. The number of thioether (sulfide) groups is 1. The predicted molar refractivity (Wildman–Crippen MR) is 47.6 cm³/mol. The molecule has 11 heavy (non-hydrogen) atoms. The second-order valence-electron chi connectivity index (χ2n) is 2.61. The molecule has 0 saturated carbocycles. The molecule has 0 atom stereocenters. The van der Waals surface area contributed by atoms with Gasteiger partial charge >= 0.3 is 0 Å². The third-order valence-electron chi connectivity index (χ3n) is 1.86. The maximum absolute atomic E-state index is 3.33. The van der Waals surface area contributed by atoms with Crippen LogP contribution in [0.3, 0.4) is 0 Å². The third kappa shape index (κ3) is 1.69. The van der Waals surface area contributed by atoms with E-state index in [1.165, 1.54) is 5.50 Å². The summed E-state index contributed by atoms with van der Waals surface area (Å²) in [6, 6.07) is 0. The predicted octanol–water partition coefficient (Wildman–Crippen LogP) is 0.146. The molecular weight excluding hydrogens is 158 g/mol. The Morgan fingerprint density at radius 2 is 2.18 bits per heavy atom. The molecular formula is C7H12N3S. The van der Waals surface area contributed by atoms with Crippen LogP contribution < -0.4 is 10.6 Å². The van der Waals surface area contributed by atoms with E-state index in [9.17, 15) is 0 Å². The summed E-state index contributed by atoms with van der Waals surface area (Å²) in [5.74, 6) is 0. The van der Waals surface area contributed by atoms with Gasteiger partial charge in [0, 0.05) is 32.4 Å². The molecule has 2 rings (SSSR count). The van der Waals surface area contributed by atoms with Gasteiger partial charge in [-0.1, -0.05) is 11.8 Å². The minimum atomic E-state index is 1.10. The topological polar surface area (TPSA) is 27.3 Å². The highest BCUT2D eigenvalue weighted by molar-refractivity contribution is 8.05. The lowest BCUT2D eigenvalue weighted by molar-refractivity contribution is 0.269. The van der Waals surface area contributed by atoms with Crippen LogP contribution in [0.1, 0.15) is 0 Å². The first kappa shape index (κ1) is 7.46. The number of hydrogen-bond acceptors (Lipinski definition) is 4. The maximum atomic E-state index is 3.33. The molecule has 0 amide bonds. The Hall–Kier alpha value is -0.190. The van der Waals surface area contributed by atoms with Gasteiger partial charge in [-0.3, -0.25) is 4.90 Å². The Balaban J connectivity index is 1.83. The molecule has 61 valence electrons. The second kappa shape index (κ2) is 3.47. The van der Waals surface area contributed by atoms with Gasteiger partial charge in [-0.25, -0.2) is 0 Å². The Kier molecular flexibility index (Phi) is 2.35. The summed E-state index contributed by atoms with van der Waals surface area (Å²) >= 11 is 1.77. The van der Waals surface area contributed by atoms with E-state index in [0.29, 0.717) is 0 Å². The Morgan fingerprint density at radius 1 is 1.36 bits per heavy atom. The molecule has 0 bridgehead atoms. The van der Waals surface area contributed by atoms with E-state index in [4.69, 9.17) is 0 Å². The number of rotatable bonds is 1. The van der Waals surface area contributed by atoms with E-state index >= 15 is 0 Å². The standard InChI is InChI=1S/C7H12N3S/c1-4-10(5-2-8-1)7-9-3-6-11-7/h3,6,8-9H,1-2,4-5H2. The molecule has 2 aliphatic rings. The van der Waals surface area contributed by atoms with Gasteiger partial charge in [0.1, 0.15) is 0 Å². The zero-order valence-corrected chi connectivity index (χ0v) is 7.16. The van der Waals surface area contributed by atoms with Crippen LogP contribution in [0, 0.1) is 5.50 Å². The largest absolute Gasteiger partial charge is 0.360 e. The fourth-order valence-corrected chi connectivity index (χ4v) is 2.00. The van der Waals surface area contributed by atoms with Gasteiger partial charge in [-0.15, -0.1) is 0 Å². The first-order valence-corrected chi connectivity index (χ1v) is 4.75. The van der Waals surface area contributed by atoms with E-state index in [0.717, 1.165) is 26.2 Å². The molecule has 1 radical (unpaired) electrons. The molecule has 2 aliphatic heterocycles. The van der Waals surface area contributed by atoms with Crippen molar-refractivity contribution in [3.63, 3.8) is 0 Å². The van der Waals surface area contributed by atoms with Gasteiger partial charge in [-0.05, 0) is 5.41 Å². The quantitative estimate of drug-likeness (QED) is 0.585. The van der Waals surface area contributed by atoms with Gasteiger partial charge in [0.25, 0.3) is 0 Å². The van der Waals surface area contributed by atoms with E-state index in [1.54, 1.807) is 11.8 Å². The van der Waals surface area contributed by atoms with Gasteiger partial charge in [-0.2, -0.15) is 0 Å². The summed E-state index contributed by atoms with van der Waals surface area (Å²) < 4.78 is 0. The average molecular weight is 170 g/mol. The van der Waals surface area contributed by atoms with Crippen molar-refractivity contribution in [2.45, 2.75) is 0 Å². The van der Waals surface area contributed by atoms with Gasteiger partial charge in [0.15, 0.2) is 5.50 Å². The molecule has 2 N–H and O–H groups in total. The summed E-state index contributed by atoms with van der Waals surface area (Å²) in [7, 11) is 0. The van der Waals surface area contributed by atoms with Crippen molar-refractivity contribution in [2.24, 2.45) is 0 Å². The van der Waals surface area contributed by atoms with Crippen molar-refractivity contribution in [1.29, 1.82) is 0 Å². The van der Waals surface area contributed by atoms with Gasteiger partial charge in [0.05, 0.1) is 0 Å². The monoisotopic (exact) mass is 170 g/mol. The highest BCUT2D eigenvalue weighted by atomic mass is 32.2. The first-order chi connectivity index (χ1) is 5.47. The van der Waals surface area contributed by atoms with Crippen molar-refractivity contribution in [3.05, 3.63) is 17.1 Å². The molecule has 0 unspecified atom stereocenters. The van der Waals surface area contributed by atoms with Crippen molar-refractivity contribution < 1.29 is 0 Å². The first-order valence-electron chi connectivity index (χ1n) is 3.88. The van der Waals surface area contributed by atoms with Crippen LogP contribution in [0.15, 0.2) is 11.6 Å². The van der Waals surface area contributed by atoms with E-state index in [1.807, 2.05) is 6.20 Å². The minimum Gasteiger partial charge on any atom is -0.360 e. The number of hydrogen-bond donors (Lipinski definition) is 2. The SMILES string of the molecule is C1=CS[C](N2CCNCC2)N1. The van der Waals surface area contributed by atoms with Crippen LogP contribution in [-0.2, 0) is 0 Å². The van der Waals surface area contributed by atoms with Crippen molar-refractivity contribution in [1.82, 2.24) is 15.5 Å². The van der Waals surface area contributed by atoms with Crippen LogP contribution in [-0.4, -0.2) is 31.1 Å². The zero-order chi connectivity index (χ0) is 7.52. The highest BCUT2D eigenvalue weighted by Gasteiger charge is 2.22. The molecule has 0 aromatic rings. The van der Waals surface area contributed by atoms with Crippen LogP contribution in [0.4, 0.5) is 0 Å². The Labute approximate surface area is 71.2 Å². The lowest BCUT2D eigenvalue weighted by Gasteiger charge is -2.30. The van der Waals surface area contributed by atoms with Crippen LogP contribution in [0.2, 0.25) is 0 Å². The second-order valence-corrected chi connectivity index (χ2v) is 3.50. The zero-order valence-electron chi connectivity index (χ0n) is 6.34. The normalized spacial score (nSPS) is 27.3. The molecule has 1 fully saturated rings. The third-order valence-corrected chi connectivity index (χ3v) is 2.73. The number of nitrogens with zero attached hydrogens (tertiary/aromatic N) is 1. The maximum Gasteiger partial charge on any atom is 0.191 e. The summed E-state index contributed by atoms with van der Waals surface area (Å²) in [6.45, 7) is 4.45. The van der Waals surface area contributed by atoms with Crippen molar-refractivity contribution >= 4 is 11.8 Å². The van der Waals surface area contributed by atoms with Crippen molar-refractivity contribution in [3.8, 4) is 0 Å².